The molecule has 2 aliphatic heterocycles. The van der Waals surface area contributed by atoms with Gasteiger partial charge < -0.3 is 5.11 Å². The van der Waals surface area contributed by atoms with Crippen molar-refractivity contribution in [3.05, 3.63) is 112 Å². The summed E-state index contributed by atoms with van der Waals surface area (Å²) in [4.78, 5) is 61.7. The van der Waals surface area contributed by atoms with Crippen molar-refractivity contribution in [2.75, 3.05) is 4.90 Å². The second kappa shape index (κ2) is 12.0. The molecular formula is C42H37ClN4O5S. The Hall–Kier alpha value is -5.06. The van der Waals surface area contributed by atoms with Crippen molar-refractivity contribution in [2.45, 2.75) is 46.1 Å². The van der Waals surface area contributed by atoms with Crippen molar-refractivity contribution in [3.63, 3.8) is 0 Å². The Morgan fingerprint density at radius 3 is 2.47 bits per heavy atom. The average Bonchev–Trinajstić information content (AvgIpc) is 3.81. The molecule has 268 valence electrons. The number of allylic oxidation sites excluding steroid dienone is 2. The minimum Gasteiger partial charge on any atom is -0.508 e. The van der Waals surface area contributed by atoms with E-state index in [1.54, 1.807) is 42.1 Å². The lowest BCUT2D eigenvalue weighted by molar-refractivity contribution is -0.141. The van der Waals surface area contributed by atoms with Gasteiger partial charge in [0, 0.05) is 28.8 Å². The fourth-order valence-corrected chi connectivity index (χ4v) is 11.0. The summed E-state index contributed by atoms with van der Waals surface area (Å²) in [5.74, 6) is -3.53. The van der Waals surface area contributed by atoms with Gasteiger partial charge in [-0.15, -0.1) is 11.3 Å². The third-order valence-corrected chi connectivity index (χ3v) is 13.8. The average molecular weight is 745 g/mol. The van der Waals surface area contributed by atoms with Crippen LogP contribution in [0.3, 0.4) is 0 Å². The summed E-state index contributed by atoms with van der Waals surface area (Å²) in [5, 5.41) is 17.0. The van der Waals surface area contributed by atoms with Gasteiger partial charge in [0.25, 0.3) is 0 Å². The second-order valence-corrected chi connectivity index (χ2v) is 16.7. The highest BCUT2D eigenvalue weighted by molar-refractivity contribution is 7.22. The molecular weight excluding hydrogens is 708 g/mol. The molecule has 1 N–H and O–H groups in total. The lowest BCUT2D eigenvalue weighted by Crippen LogP contribution is -2.48. The number of anilines is 1. The highest BCUT2D eigenvalue weighted by Gasteiger charge is 2.68. The van der Waals surface area contributed by atoms with Crippen LogP contribution in [0.1, 0.15) is 47.9 Å². The van der Waals surface area contributed by atoms with E-state index in [0.717, 1.165) is 37.2 Å². The molecule has 4 aliphatic rings. The van der Waals surface area contributed by atoms with Crippen molar-refractivity contribution in [2.24, 2.45) is 36.1 Å². The van der Waals surface area contributed by atoms with Crippen LogP contribution in [-0.4, -0.2) is 43.4 Å². The topological polar surface area (TPSA) is 113 Å². The van der Waals surface area contributed by atoms with Gasteiger partial charge in [-0.05, 0) is 91.4 Å². The number of halogens is 1. The molecule has 53 heavy (non-hydrogen) atoms. The number of thiophene rings is 1. The molecule has 0 spiro atoms. The Labute approximate surface area is 315 Å². The van der Waals surface area contributed by atoms with Crippen molar-refractivity contribution in [1.29, 1.82) is 0 Å². The largest absolute Gasteiger partial charge is 0.508 e. The first kappa shape index (κ1) is 33.8. The molecule has 6 unspecified atom stereocenters. The lowest BCUT2D eigenvalue weighted by atomic mass is 9.51. The number of carbonyl (C=O) groups is 4. The fraction of sp³-hybridized carbons (Fsp3) is 0.310. The summed E-state index contributed by atoms with van der Waals surface area (Å²) in [6.45, 7) is 5.88. The summed E-state index contributed by atoms with van der Waals surface area (Å²) in [5.41, 5.74) is 3.66. The SMILES string of the molecule is Cc1cc(C2C3=CCC4C(=O)N(Cc5ccccc5)C(=O)C4C3CC3C(=O)N(c4cc(-c5sc6ccc(Cl)cc6c5C)nn4C)C(=O)C32C)ccc1O. The number of amides is 4. The zero-order valence-corrected chi connectivity index (χ0v) is 31.2. The maximum absolute atomic E-state index is 15.1. The molecule has 0 radical (unpaired) electrons. The molecule has 4 heterocycles. The smallest absolute Gasteiger partial charge is 0.242 e. The first-order valence-corrected chi connectivity index (χ1v) is 19.1. The van der Waals surface area contributed by atoms with Crippen molar-refractivity contribution in [1.82, 2.24) is 14.7 Å². The van der Waals surface area contributed by atoms with E-state index in [0.29, 0.717) is 28.5 Å². The molecule has 6 atom stereocenters. The molecule has 3 fully saturated rings. The number of rotatable bonds is 5. The Balaban J connectivity index is 1.14. The minimum atomic E-state index is -1.21. The minimum absolute atomic E-state index is 0.130. The third-order valence-electron chi connectivity index (χ3n) is 12.3. The summed E-state index contributed by atoms with van der Waals surface area (Å²) in [6, 6.07) is 22.4. The van der Waals surface area contributed by atoms with Gasteiger partial charge in [-0.3, -0.25) is 28.8 Å². The van der Waals surface area contributed by atoms with Gasteiger partial charge in [0.2, 0.25) is 23.6 Å². The van der Waals surface area contributed by atoms with E-state index in [4.69, 9.17) is 16.7 Å². The molecule has 5 aromatic rings. The van der Waals surface area contributed by atoms with Gasteiger partial charge in [0.05, 0.1) is 34.6 Å². The highest BCUT2D eigenvalue weighted by Crippen LogP contribution is 2.64. The number of fused-ring (bicyclic) bond motifs is 5. The highest BCUT2D eigenvalue weighted by atomic mass is 35.5. The summed E-state index contributed by atoms with van der Waals surface area (Å²) < 4.78 is 2.65. The van der Waals surface area contributed by atoms with Crippen LogP contribution in [0.4, 0.5) is 5.82 Å². The number of phenolic OH excluding ortho intramolecular Hbond substituents is 1. The fourth-order valence-electron chi connectivity index (χ4n) is 9.67. The van der Waals surface area contributed by atoms with Crippen LogP contribution in [0.2, 0.25) is 5.02 Å². The van der Waals surface area contributed by atoms with Crippen LogP contribution in [0, 0.1) is 42.9 Å². The van der Waals surface area contributed by atoms with Gasteiger partial charge in [-0.1, -0.05) is 65.7 Å². The molecule has 11 heteroatoms. The Morgan fingerprint density at radius 1 is 0.943 bits per heavy atom. The van der Waals surface area contributed by atoms with E-state index in [9.17, 15) is 19.5 Å². The van der Waals surface area contributed by atoms with E-state index in [1.165, 1.54) is 9.80 Å². The Bertz CT molecular complexity index is 2450. The van der Waals surface area contributed by atoms with Crippen molar-refractivity contribution >= 4 is 62.5 Å². The number of likely N-dealkylation sites (tertiary alicyclic amines) is 1. The maximum Gasteiger partial charge on any atom is 0.242 e. The molecule has 4 amide bonds. The lowest BCUT2D eigenvalue weighted by Gasteiger charge is -2.49. The molecule has 9 rings (SSSR count). The predicted octanol–water partition coefficient (Wildman–Crippen LogP) is 7.71. The zero-order valence-electron chi connectivity index (χ0n) is 29.7. The standard InChI is InChI=1S/C42H37ClN4O5S/c1-21-16-24(10-14-32(21)48)36-26-12-13-27-35(40(51)46(38(27)49)20-23-8-6-5-7-9-23)29(26)18-30-39(50)47(41(52)42(30,36)3)34-19-31(44-45(34)4)37-22(2)28-17-25(43)11-15-33(28)53-37/h5-12,14-17,19,27,29-30,35-36,48H,13,18,20H2,1-4H3. The van der Waals surface area contributed by atoms with Crippen LogP contribution < -0.4 is 4.90 Å². The van der Waals surface area contributed by atoms with Gasteiger partial charge in [0.15, 0.2) is 0 Å². The second-order valence-electron chi connectivity index (χ2n) is 15.2. The van der Waals surface area contributed by atoms with E-state index in [2.05, 4.69) is 6.08 Å². The monoisotopic (exact) mass is 744 g/mol. The maximum atomic E-state index is 15.1. The van der Waals surface area contributed by atoms with E-state index < -0.39 is 35.0 Å². The Morgan fingerprint density at radius 2 is 1.72 bits per heavy atom. The van der Waals surface area contributed by atoms with Crippen LogP contribution in [0.15, 0.2) is 84.4 Å². The molecule has 1 saturated carbocycles. The van der Waals surface area contributed by atoms with Crippen molar-refractivity contribution < 1.29 is 24.3 Å². The van der Waals surface area contributed by atoms with Gasteiger partial charge in [-0.2, -0.15) is 5.10 Å². The molecule has 9 nitrogen and oxygen atoms in total. The summed E-state index contributed by atoms with van der Waals surface area (Å²) >= 11 is 7.90. The molecule has 0 bridgehead atoms. The number of hydrogen-bond acceptors (Lipinski definition) is 7. The number of hydrogen-bond donors (Lipinski definition) is 1. The normalized spacial score (nSPS) is 26.7. The number of aromatic nitrogens is 2. The van der Waals surface area contributed by atoms with E-state index >= 15 is 4.79 Å². The van der Waals surface area contributed by atoms with Crippen molar-refractivity contribution in [3.8, 4) is 16.3 Å². The molecule has 2 aliphatic carbocycles. The number of benzene rings is 3. The molecule has 3 aromatic carbocycles. The van der Waals surface area contributed by atoms with Crippen LogP contribution in [-0.2, 0) is 32.8 Å². The predicted molar refractivity (Wildman–Crippen MR) is 203 cm³/mol. The van der Waals surface area contributed by atoms with E-state index in [1.807, 2.05) is 74.5 Å². The molecule has 2 saturated heterocycles. The van der Waals surface area contributed by atoms with Gasteiger partial charge >= 0.3 is 0 Å². The Kier molecular flexibility index (Phi) is 7.63. The molecule has 2 aromatic heterocycles. The van der Waals surface area contributed by atoms with Gasteiger partial charge in [-0.25, -0.2) is 4.90 Å². The summed E-state index contributed by atoms with van der Waals surface area (Å²) in [7, 11) is 1.74. The van der Waals surface area contributed by atoms with Gasteiger partial charge in [0.1, 0.15) is 17.3 Å². The first-order valence-electron chi connectivity index (χ1n) is 17.9. The number of aromatic hydroxyl groups is 1. The number of imide groups is 2. The third kappa shape index (κ3) is 4.84. The number of carbonyl (C=O) groups excluding carboxylic acids is 4. The van der Waals surface area contributed by atoms with Crippen LogP contribution >= 0.6 is 22.9 Å². The zero-order chi connectivity index (χ0) is 37.1. The quantitative estimate of drug-likeness (QED) is 0.146. The van der Waals surface area contributed by atoms with E-state index in [-0.39, 0.29) is 42.3 Å². The summed E-state index contributed by atoms with van der Waals surface area (Å²) in [6.07, 6.45) is 2.69. The number of phenols is 1. The number of nitrogens with zero attached hydrogens (tertiary/aromatic N) is 4. The van der Waals surface area contributed by atoms with Crippen LogP contribution in [0.5, 0.6) is 5.75 Å². The number of aryl methyl sites for hydroxylation is 3. The first-order chi connectivity index (χ1) is 25.4. The van der Waals surface area contributed by atoms with Crippen LogP contribution in [0.25, 0.3) is 20.7 Å².